The van der Waals surface area contributed by atoms with Gasteiger partial charge in [-0.3, -0.25) is 9.69 Å². The molecule has 2 saturated heterocycles. The first-order chi connectivity index (χ1) is 11.5. The number of carbonyl (C=O) groups is 1. The molecular formula is C17H22F3N3O. The van der Waals surface area contributed by atoms with Crippen LogP contribution in [0.3, 0.4) is 0 Å². The summed E-state index contributed by atoms with van der Waals surface area (Å²) in [6, 6.07) is 4.08. The molecule has 7 heteroatoms. The van der Waals surface area contributed by atoms with Gasteiger partial charge in [-0.15, -0.1) is 0 Å². The van der Waals surface area contributed by atoms with Gasteiger partial charge in [0.25, 0.3) is 0 Å². The van der Waals surface area contributed by atoms with Crippen molar-refractivity contribution in [3.8, 4) is 0 Å². The van der Waals surface area contributed by atoms with Crippen LogP contribution in [0.15, 0.2) is 18.2 Å². The Hall–Kier alpha value is -1.76. The SMILES string of the molecule is O=CN1CCN(Cc2ccc(C(F)(F)F)cc2N2CCCC2)CC1. The Balaban J connectivity index is 1.80. The Labute approximate surface area is 139 Å². The van der Waals surface area contributed by atoms with Crippen LogP contribution in [0.4, 0.5) is 18.9 Å². The highest BCUT2D eigenvalue weighted by atomic mass is 19.4. The van der Waals surface area contributed by atoms with Gasteiger partial charge in [0.05, 0.1) is 5.56 Å². The summed E-state index contributed by atoms with van der Waals surface area (Å²) in [6.45, 7) is 5.09. The number of amides is 1. The second kappa shape index (κ2) is 7.01. The van der Waals surface area contributed by atoms with Crippen molar-refractivity contribution >= 4 is 12.1 Å². The Morgan fingerprint density at radius 2 is 1.67 bits per heavy atom. The van der Waals surface area contributed by atoms with Crippen LogP contribution in [-0.4, -0.2) is 55.5 Å². The molecule has 2 fully saturated rings. The van der Waals surface area contributed by atoms with Crippen LogP contribution in [0.2, 0.25) is 0 Å². The highest BCUT2D eigenvalue weighted by Crippen LogP contribution is 2.35. The lowest BCUT2D eigenvalue weighted by Crippen LogP contribution is -2.45. The zero-order chi connectivity index (χ0) is 17.2. The highest BCUT2D eigenvalue weighted by Gasteiger charge is 2.32. The largest absolute Gasteiger partial charge is 0.416 e. The lowest BCUT2D eigenvalue weighted by atomic mass is 10.1. The molecule has 0 bridgehead atoms. The first kappa shape index (κ1) is 17.1. The third-order valence-corrected chi connectivity index (χ3v) is 4.81. The Bertz CT molecular complexity index is 577. The van der Waals surface area contributed by atoms with E-state index in [0.29, 0.717) is 25.3 Å². The maximum atomic E-state index is 13.1. The summed E-state index contributed by atoms with van der Waals surface area (Å²) < 4.78 is 39.2. The van der Waals surface area contributed by atoms with Crippen molar-refractivity contribution in [3.05, 3.63) is 29.3 Å². The molecule has 1 aromatic carbocycles. The molecule has 1 amide bonds. The number of alkyl halides is 3. The summed E-state index contributed by atoms with van der Waals surface area (Å²) in [7, 11) is 0. The number of hydrogen-bond acceptors (Lipinski definition) is 3. The summed E-state index contributed by atoms with van der Waals surface area (Å²) >= 11 is 0. The van der Waals surface area contributed by atoms with Crippen molar-refractivity contribution in [2.24, 2.45) is 0 Å². The summed E-state index contributed by atoms with van der Waals surface area (Å²) in [5.74, 6) is 0. The predicted molar refractivity (Wildman–Crippen MR) is 85.8 cm³/mol. The van der Waals surface area contributed by atoms with Gasteiger partial charge in [-0.1, -0.05) is 6.07 Å². The van der Waals surface area contributed by atoms with Gasteiger partial charge in [-0.05, 0) is 30.5 Å². The standard InChI is InChI=1S/C17H22F3N3O/c18-17(19,20)15-4-3-14(16(11-15)23-5-1-2-6-23)12-21-7-9-22(13-24)10-8-21/h3-4,11,13H,1-2,5-10,12H2. The molecule has 0 aliphatic carbocycles. The van der Waals surface area contributed by atoms with Crippen molar-refractivity contribution in [1.29, 1.82) is 0 Å². The minimum atomic E-state index is -4.32. The highest BCUT2D eigenvalue weighted by molar-refractivity contribution is 5.57. The van der Waals surface area contributed by atoms with Crippen molar-refractivity contribution in [2.75, 3.05) is 44.2 Å². The molecule has 0 unspecified atom stereocenters. The Morgan fingerprint density at radius 3 is 2.25 bits per heavy atom. The van der Waals surface area contributed by atoms with Crippen LogP contribution < -0.4 is 4.90 Å². The molecule has 132 valence electrons. The molecule has 0 N–H and O–H groups in total. The predicted octanol–water partition coefficient (Wildman–Crippen LogP) is 2.58. The topological polar surface area (TPSA) is 26.8 Å². The number of piperazine rings is 1. The van der Waals surface area contributed by atoms with Gasteiger partial charge in [0.1, 0.15) is 0 Å². The fourth-order valence-electron chi connectivity index (χ4n) is 3.39. The molecule has 3 rings (SSSR count). The van der Waals surface area contributed by atoms with E-state index in [-0.39, 0.29) is 0 Å². The van der Waals surface area contributed by atoms with E-state index in [1.165, 1.54) is 12.1 Å². The summed E-state index contributed by atoms with van der Waals surface area (Å²) in [5.41, 5.74) is 1.06. The number of rotatable bonds is 4. The van der Waals surface area contributed by atoms with Gasteiger partial charge in [0, 0.05) is 51.5 Å². The molecular weight excluding hydrogens is 319 g/mol. The van der Waals surface area contributed by atoms with Crippen molar-refractivity contribution in [3.63, 3.8) is 0 Å². The second-order valence-corrected chi connectivity index (χ2v) is 6.45. The average molecular weight is 341 g/mol. The van der Waals surface area contributed by atoms with Crippen LogP contribution in [0.25, 0.3) is 0 Å². The molecule has 2 heterocycles. The Morgan fingerprint density at radius 1 is 1.00 bits per heavy atom. The lowest BCUT2D eigenvalue weighted by Gasteiger charge is -2.33. The van der Waals surface area contributed by atoms with E-state index in [4.69, 9.17) is 0 Å². The van der Waals surface area contributed by atoms with E-state index in [1.54, 1.807) is 11.0 Å². The Kier molecular flexibility index (Phi) is 4.99. The molecule has 1 aromatic rings. The van der Waals surface area contributed by atoms with E-state index in [9.17, 15) is 18.0 Å². The van der Waals surface area contributed by atoms with Crippen molar-refractivity contribution in [2.45, 2.75) is 25.6 Å². The molecule has 0 aromatic heterocycles. The molecule has 0 saturated carbocycles. The average Bonchev–Trinajstić information content (AvgIpc) is 3.09. The van der Waals surface area contributed by atoms with E-state index in [2.05, 4.69) is 9.80 Å². The minimum Gasteiger partial charge on any atom is -0.371 e. The fourth-order valence-corrected chi connectivity index (χ4v) is 3.39. The third-order valence-electron chi connectivity index (χ3n) is 4.81. The number of nitrogens with zero attached hydrogens (tertiary/aromatic N) is 3. The molecule has 0 spiro atoms. The van der Waals surface area contributed by atoms with Crippen LogP contribution in [-0.2, 0) is 17.5 Å². The van der Waals surface area contributed by atoms with E-state index in [1.807, 2.05) is 0 Å². The normalized spacial score (nSPS) is 19.8. The van der Waals surface area contributed by atoms with Crippen molar-refractivity contribution < 1.29 is 18.0 Å². The van der Waals surface area contributed by atoms with Gasteiger partial charge in [-0.25, -0.2) is 0 Å². The van der Waals surface area contributed by atoms with Crippen LogP contribution >= 0.6 is 0 Å². The fraction of sp³-hybridized carbons (Fsp3) is 0.588. The quantitative estimate of drug-likeness (QED) is 0.788. The van der Waals surface area contributed by atoms with Gasteiger partial charge in [0.15, 0.2) is 0 Å². The number of hydrogen-bond donors (Lipinski definition) is 0. The van der Waals surface area contributed by atoms with Gasteiger partial charge < -0.3 is 9.80 Å². The molecule has 24 heavy (non-hydrogen) atoms. The van der Waals surface area contributed by atoms with Crippen LogP contribution in [0.1, 0.15) is 24.0 Å². The maximum absolute atomic E-state index is 13.1. The number of halogens is 3. The second-order valence-electron chi connectivity index (χ2n) is 6.45. The number of anilines is 1. The molecule has 0 radical (unpaired) electrons. The minimum absolute atomic E-state index is 0.584. The van der Waals surface area contributed by atoms with E-state index in [0.717, 1.165) is 51.0 Å². The molecule has 0 atom stereocenters. The summed E-state index contributed by atoms with van der Waals surface area (Å²) in [5, 5.41) is 0. The van der Waals surface area contributed by atoms with E-state index >= 15 is 0 Å². The summed E-state index contributed by atoms with van der Waals surface area (Å²) in [4.78, 5) is 16.8. The number of carbonyl (C=O) groups excluding carboxylic acids is 1. The maximum Gasteiger partial charge on any atom is 0.416 e. The lowest BCUT2D eigenvalue weighted by molar-refractivity contribution is -0.137. The zero-order valence-corrected chi connectivity index (χ0v) is 13.6. The van der Waals surface area contributed by atoms with Gasteiger partial charge in [0.2, 0.25) is 6.41 Å². The zero-order valence-electron chi connectivity index (χ0n) is 13.6. The first-order valence-corrected chi connectivity index (χ1v) is 8.34. The molecule has 2 aliphatic heterocycles. The molecule has 4 nitrogen and oxygen atoms in total. The van der Waals surface area contributed by atoms with Gasteiger partial charge >= 0.3 is 6.18 Å². The monoisotopic (exact) mass is 341 g/mol. The van der Waals surface area contributed by atoms with Crippen LogP contribution in [0.5, 0.6) is 0 Å². The van der Waals surface area contributed by atoms with Crippen molar-refractivity contribution in [1.82, 2.24) is 9.80 Å². The third kappa shape index (κ3) is 3.83. The van der Waals surface area contributed by atoms with Gasteiger partial charge in [-0.2, -0.15) is 13.2 Å². The summed E-state index contributed by atoms with van der Waals surface area (Å²) in [6.07, 6.45) is -1.42. The number of benzene rings is 1. The first-order valence-electron chi connectivity index (χ1n) is 8.34. The van der Waals surface area contributed by atoms with Crippen LogP contribution in [0, 0.1) is 0 Å². The van der Waals surface area contributed by atoms with E-state index < -0.39 is 11.7 Å². The smallest absolute Gasteiger partial charge is 0.371 e. The molecule has 2 aliphatic rings.